The fourth-order valence-corrected chi connectivity index (χ4v) is 2.31. The Bertz CT molecular complexity index is 523. The van der Waals surface area contributed by atoms with Crippen LogP contribution in [0.25, 0.3) is 0 Å². The highest BCUT2D eigenvalue weighted by molar-refractivity contribution is 5.91. The normalized spacial score (nSPS) is 17.5. The molecule has 0 aromatic heterocycles. The van der Waals surface area contributed by atoms with Crippen LogP contribution >= 0.6 is 0 Å². The van der Waals surface area contributed by atoms with Crippen LogP contribution < -0.4 is 10.1 Å². The molecule has 0 bridgehead atoms. The minimum atomic E-state index is -1.05. The summed E-state index contributed by atoms with van der Waals surface area (Å²) in [6.45, 7) is 1.66. The van der Waals surface area contributed by atoms with Crippen LogP contribution in [0.5, 0.6) is 5.75 Å². The van der Waals surface area contributed by atoms with Crippen LogP contribution in [0.3, 0.4) is 0 Å². The van der Waals surface area contributed by atoms with Crippen molar-refractivity contribution in [3.63, 3.8) is 0 Å². The van der Waals surface area contributed by atoms with E-state index in [1.807, 2.05) is 0 Å². The predicted octanol–water partition coefficient (Wildman–Crippen LogP) is 1.44. The molecule has 114 valence electrons. The molecule has 6 nitrogen and oxygen atoms in total. The molecule has 1 aromatic rings. The highest BCUT2D eigenvalue weighted by Crippen LogP contribution is 2.20. The number of carboxylic acid groups (broad SMARTS) is 1. The molecule has 1 aromatic carbocycles. The van der Waals surface area contributed by atoms with Crippen molar-refractivity contribution in [3.05, 3.63) is 29.3 Å². The van der Waals surface area contributed by atoms with Crippen molar-refractivity contribution in [1.29, 1.82) is 0 Å². The third kappa shape index (κ3) is 4.19. The monoisotopic (exact) mass is 293 g/mol. The Balaban J connectivity index is 1.91. The average molecular weight is 293 g/mol. The summed E-state index contributed by atoms with van der Waals surface area (Å²) in [5.41, 5.74) is 0.817. The molecule has 0 radical (unpaired) electrons. The first-order chi connectivity index (χ1) is 10.1. The Hall–Kier alpha value is -2.08. The van der Waals surface area contributed by atoms with Gasteiger partial charge in [0.15, 0.2) is 0 Å². The van der Waals surface area contributed by atoms with Crippen LogP contribution in [0.4, 0.5) is 0 Å². The molecule has 2 N–H and O–H groups in total. The quantitative estimate of drug-likeness (QED) is 0.829. The highest BCUT2D eigenvalue weighted by atomic mass is 16.5. The summed E-state index contributed by atoms with van der Waals surface area (Å²) < 4.78 is 10.2. The molecule has 21 heavy (non-hydrogen) atoms. The van der Waals surface area contributed by atoms with Crippen molar-refractivity contribution in [2.75, 3.05) is 20.3 Å². The molecule has 1 amide bonds. The van der Waals surface area contributed by atoms with Crippen molar-refractivity contribution in [2.24, 2.45) is 5.92 Å². The largest absolute Gasteiger partial charge is 0.496 e. The number of amides is 1. The fraction of sp³-hybridized carbons (Fsp3) is 0.467. The molecule has 1 heterocycles. The van der Waals surface area contributed by atoms with Gasteiger partial charge in [-0.15, -0.1) is 0 Å². The highest BCUT2D eigenvalue weighted by Gasteiger charge is 2.19. The molecule has 0 spiro atoms. The molecule has 0 unspecified atom stereocenters. The van der Waals surface area contributed by atoms with E-state index >= 15 is 0 Å². The van der Waals surface area contributed by atoms with Gasteiger partial charge in [-0.3, -0.25) is 4.79 Å². The number of nitrogens with one attached hydrogen (secondary N) is 1. The Morgan fingerprint density at radius 1 is 1.48 bits per heavy atom. The third-order valence-corrected chi connectivity index (χ3v) is 3.48. The van der Waals surface area contributed by atoms with Crippen molar-refractivity contribution in [3.8, 4) is 5.75 Å². The number of rotatable bonds is 6. The molecular formula is C15H19NO5. The molecule has 0 saturated carbocycles. The van der Waals surface area contributed by atoms with E-state index in [-0.39, 0.29) is 17.4 Å². The van der Waals surface area contributed by atoms with Gasteiger partial charge in [0.1, 0.15) is 11.3 Å². The van der Waals surface area contributed by atoms with E-state index in [1.54, 1.807) is 12.1 Å². The fourth-order valence-electron chi connectivity index (χ4n) is 2.31. The molecule has 1 aliphatic rings. The van der Waals surface area contributed by atoms with Gasteiger partial charge in [0.05, 0.1) is 7.11 Å². The number of aromatic carboxylic acids is 1. The van der Waals surface area contributed by atoms with Crippen LogP contribution in [0, 0.1) is 5.92 Å². The Labute approximate surface area is 123 Å². The van der Waals surface area contributed by atoms with Gasteiger partial charge in [-0.25, -0.2) is 4.79 Å². The number of carboxylic acids is 1. The molecule has 6 heteroatoms. The summed E-state index contributed by atoms with van der Waals surface area (Å²) in [6, 6.07) is 4.85. The van der Waals surface area contributed by atoms with E-state index in [1.165, 1.54) is 13.2 Å². The minimum absolute atomic E-state index is 0.0433. The van der Waals surface area contributed by atoms with Gasteiger partial charge in [0.25, 0.3) is 0 Å². The van der Waals surface area contributed by atoms with Crippen LogP contribution in [0.15, 0.2) is 18.2 Å². The lowest BCUT2D eigenvalue weighted by atomic mass is 10.0. The van der Waals surface area contributed by atoms with E-state index in [2.05, 4.69) is 5.32 Å². The zero-order valence-corrected chi connectivity index (χ0v) is 11.9. The van der Waals surface area contributed by atoms with Crippen molar-refractivity contribution >= 4 is 11.9 Å². The van der Waals surface area contributed by atoms with Gasteiger partial charge >= 0.3 is 5.97 Å². The van der Waals surface area contributed by atoms with Gasteiger partial charge in [-0.05, 0) is 30.0 Å². The lowest BCUT2D eigenvalue weighted by Crippen LogP contribution is -2.25. The van der Waals surface area contributed by atoms with Gasteiger partial charge in [0.2, 0.25) is 5.91 Å². The number of carbonyl (C=O) groups is 2. The SMILES string of the molecule is COc1ccc(CNC(=O)C[C@H]2CCOC2)cc1C(=O)O. The Kier molecular flexibility index (Phi) is 5.16. The average Bonchev–Trinajstić information content (AvgIpc) is 2.97. The molecule has 2 rings (SSSR count). The summed E-state index contributed by atoms with van der Waals surface area (Å²) in [6.07, 6.45) is 1.36. The van der Waals surface area contributed by atoms with Crippen LogP contribution in [-0.2, 0) is 16.1 Å². The van der Waals surface area contributed by atoms with Crippen LogP contribution in [0.2, 0.25) is 0 Å². The topological polar surface area (TPSA) is 84.9 Å². The number of benzene rings is 1. The predicted molar refractivity (Wildman–Crippen MR) is 75.3 cm³/mol. The van der Waals surface area contributed by atoms with Gasteiger partial charge in [-0.2, -0.15) is 0 Å². The third-order valence-electron chi connectivity index (χ3n) is 3.48. The number of methoxy groups -OCH3 is 1. The second-order valence-corrected chi connectivity index (χ2v) is 5.05. The van der Waals surface area contributed by atoms with Crippen LogP contribution in [0.1, 0.15) is 28.8 Å². The van der Waals surface area contributed by atoms with Crippen molar-refractivity contribution < 1.29 is 24.2 Å². The molecule has 1 aliphatic heterocycles. The summed E-state index contributed by atoms with van der Waals surface area (Å²) in [5, 5.41) is 11.9. The first kappa shape index (κ1) is 15.3. The zero-order chi connectivity index (χ0) is 15.2. The number of hydrogen-bond donors (Lipinski definition) is 2. The number of hydrogen-bond acceptors (Lipinski definition) is 4. The molecule has 0 aliphatic carbocycles. The van der Waals surface area contributed by atoms with Crippen molar-refractivity contribution in [1.82, 2.24) is 5.32 Å². The summed E-state index contributed by atoms with van der Waals surface area (Å²) in [5.74, 6) is -0.502. The van der Waals surface area contributed by atoms with E-state index < -0.39 is 5.97 Å². The van der Waals surface area contributed by atoms with E-state index in [0.717, 1.165) is 18.6 Å². The minimum Gasteiger partial charge on any atom is -0.496 e. The van der Waals surface area contributed by atoms with Gasteiger partial charge in [0, 0.05) is 26.2 Å². The summed E-state index contributed by atoms with van der Waals surface area (Å²) in [7, 11) is 1.42. The van der Waals surface area contributed by atoms with Crippen molar-refractivity contribution in [2.45, 2.75) is 19.4 Å². The molecule has 1 saturated heterocycles. The second-order valence-electron chi connectivity index (χ2n) is 5.05. The zero-order valence-electron chi connectivity index (χ0n) is 11.9. The van der Waals surface area contributed by atoms with E-state index in [0.29, 0.717) is 25.3 Å². The van der Waals surface area contributed by atoms with E-state index in [4.69, 9.17) is 14.6 Å². The lowest BCUT2D eigenvalue weighted by molar-refractivity contribution is -0.122. The van der Waals surface area contributed by atoms with Crippen LogP contribution in [-0.4, -0.2) is 37.3 Å². The maximum atomic E-state index is 11.8. The maximum absolute atomic E-state index is 11.8. The molecular weight excluding hydrogens is 274 g/mol. The smallest absolute Gasteiger partial charge is 0.339 e. The molecule has 1 fully saturated rings. The van der Waals surface area contributed by atoms with E-state index in [9.17, 15) is 9.59 Å². The first-order valence-electron chi connectivity index (χ1n) is 6.85. The Morgan fingerprint density at radius 2 is 2.29 bits per heavy atom. The standard InChI is InChI=1S/C15H19NO5/c1-20-13-3-2-10(6-12(13)15(18)19)8-16-14(17)7-11-4-5-21-9-11/h2-3,6,11H,4-5,7-9H2,1H3,(H,16,17)(H,18,19)/t11-/m1/s1. The molecule has 1 atom stereocenters. The van der Waals surface area contributed by atoms with Gasteiger partial charge < -0.3 is 19.9 Å². The summed E-state index contributed by atoms with van der Waals surface area (Å²) >= 11 is 0. The first-order valence-corrected chi connectivity index (χ1v) is 6.85. The van der Waals surface area contributed by atoms with Gasteiger partial charge in [-0.1, -0.05) is 6.07 Å². The summed E-state index contributed by atoms with van der Waals surface area (Å²) in [4.78, 5) is 22.9. The second kappa shape index (κ2) is 7.08. The number of carbonyl (C=O) groups excluding carboxylic acids is 1. The number of ether oxygens (including phenoxy) is 2. The maximum Gasteiger partial charge on any atom is 0.339 e. The lowest BCUT2D eigenvalue weighted by Gasteiger charge is -2.10. The Morgan fingerprint density at radius 3 is 2.90 bits per heavy atom.